The first-order valence-corrected chi connectivity index (χ1v) is 14.0. The van der Waals surface area contributed by atoms with Gasteiger partial charge in [-0.15, -0.1) is 0 Å². The van der Waals surface area contributed by atoms with E-state index in [0.717, 1.165) is 5.69 Å². The second-order valence-corrected chi connectivity index (χ2v) is 12.8. The van der Waals surface area contributed by atoms with Crippen LogP contribution in [-0.4, -0.2) is 76.6 Å². The number of hydrogen-bond acceptors (Lipinski definition) is 7. The average molecular weight is 496 g/mol. The Labute approximate surface area is 193 Å². The van der Waals surface area contributed by atoms with Crippen molar-refractivity contribution >= 4 is 37.0 Å². The molecule has 2 aliphatic heterocycles. The summed E-state index contributed by atoms with van der Waals surface area (Å²) in [4.78, 5) is 15.3. The van der Waals surface area contributed by atoms with Crippen molar-refractivity contribution in [3.05, 3.63) is 54.3 Å². The van der Waals surface area contributed by atoms with E-state index in [4.69, 9.17) is 0 Å². The number of benzene rings is 2. The molecule has 2 fully saturated rings. The molecule has 178 valence electrons. The average Bonchev–Trinajstić information content (AvgIpc) is 3.11. The van der Waals surface area contributed by atoms with Gasteiger partial charge in [0.25, 0.3) is 0 Å². The third-order valence-electron chi connectivity index (χ3n) is 6.15. The Morgan fingerprint density at radius 1 is 0.970 bits per heavy atom. The van der Waals surface area contributed by atoms with E-state index < -0.39 is 36.7 Å². The van der Waals surface area contributed by atoms with E-state index in [0.29, 0.717) is 31.9 Å². The Balaban J connectivity index is 1.52. The van der Waals surface area contributed by atoms with Gasteiger partial charge in [-0.3, -0.25) is 9.69 Å². The number of piperazine rings is 1. The summed E-state index contributed by atoms with van der Waals surface area (Å²) in [6.07, 6.45) is 0. The van der Waals surface area contributed by atoms with Crippen LogP contribution in [0.25, 0.3) is 0 Å². The molecule has 33 heavy (non-hydrogen) atoms. The number of rotatable bonds is 5. The molecule has 1 N–H and O–H groups in total. The molecule has 2 aromatic carbocycles. The highest BCUT2D eigenvalue weighted by molar-refractivity contribution is 7.96. The molecule has 0 bridgehead atoms. The van der Waals surface area contributed by atoms with Gasteiger partial charge < -0.3 is 10.2 Å². The maximum Gasteiger partial charge on any atom is 0.221 e. The fourth-order valence-electron chi connectivity index (χ4n) is 4.50. The third kappa shape index (κ3) is 5.20. The molecule has 1 amide bonds. The summed E-state index contributed by atoms with van der Waals surface area (Å²) < 4.78 is 65.0. The molecule has 8 nitrogen and oxygen atoms in total. The summed E-state index contributed by atoms with van der Waals surface area (Å²) in [6, 6.07) is 11.3. The van der Waals surface area contributed by atoms with Crippen molar-refractivity contribution in [3.8, 4) is 0 Å². The minimum absolute atomic E-state index is 0.0358. The molecule has 11 heteroatoms. The fraction of sp³-hybridized carbons (Fsp3) is 0.409. The highest BCUT2D eigenvalue weighted by atomic mass is 32.2. The quantitative estimate of drug-likeness (QED) is 0.671. The van der Waals surface area contributed by atoms with E-state index in [2.05, 4.69) is 10.2 Å². The molecule has 2 aliphatic rings. The zero-order valence-electron chi connectivity index (χ0n) is 18.1. The molecular weight excluding hydrogens is 469 g/mol. The number of amides is 1. The van der Waals surface area contributed by atoms with Crippen molar-refractivity contribution < 1.29 is 26.0 Å². The van der Waals surface area contributed by atoms with Gasteiger partial charge in [-0.1, -0.05) is 0 Å². The van der Waals surface area contributed by atoms with E-state index in [9.17, 15) is 26.0 Å². The lowest BCUT2D eigenvalue weighted by atomic mass is 10.1. The van der Waals surface area contributed by atoms with Crippen LogP contribution in [0.3, 0.4) is 0 Å². The van der Waals surface area contributed by atoms with Crippen LogP contribution in [0.4, 0.5) is 15.8 Å². The second kappa shape index (κ2) is 9.03. The molecule has 0 aromatic heterocycles. The number of hydrogen-bond donors (Lipinski definition) is 1. The Morgan fingerprint density at radius 3 is 2.15 bits per heavy atom. The normalized spacial score (nSPS) is 23.4. The smallest absolute Gasteiger partial charge is 0.221 e. The molecule has 2 aromatic rings. The van der Waals surface area contributed by atoms with Crippen LogP contribution in [0, 0.1) is 5.82 Å². The Bertz CT molecular complexity index is 1220. The zero-order valence-corrected chi connectivity index (χ0v) is 19.8. The van der Waals surface area contributed by atoms with Gasteiger partial charge in [0.05, 0.1) is 21.7 Å². The van der Waals surface area contributed by atoms with E-state index in [-0.39, 0.29) is 22.4 Å². The van der Waals surface area contributed by atoms with E-state index >= 15 is 0 Å². The predicted octanol–water partition coefficient (Wildman–Crippen LogP) is 1.55. The van der Waals surface area contributed by atoms with Crippen molar-refractivity contribution in [1.29, 1.82) is 0 Å². The van der Waals surface area contributed by atoms with Gasteiger partial charge in [0.15, 0.2) is 19.7 Å². The summed E-state index contributed by atoms with van der Waals surface area (Å²) in [5, 5.41) is 1.52. The third-order valence-corrected chi connectivity index (χ3v) is 10.3. The van der Waals surface area contributed by atoms with Crippen molar-refractivity contribution in [1.82, 2.24) is 4.90 Å². The summed E-state index contributed by atoms with van der Waals surface area (Å²) in [5.41, 5.74) is 1.34. The van der Waals surface area contributed by atoms with Crippen LogP contribution in [0.1, 0.15) is 6.92 Å². The lowest BCUT2D eigenvalue weighted by molar-refractivity contribution is -0.114. The highest BCUT2D eigenvalue weighted by Crippen LogP contribution is 2.31. The molecule has 0 spiro atoms. The van der Waals surface area contributed by atoms with Crippen LogP contribution in [-0.2, 0) is 24.5 Å². The fourth-order valence-corrected chi connectivity index (χ4v) is 9.33. The molecule has 4 rings (SSSR count). The summed E-state index contributed by atoms with van der Waals surface area (Å²) in [6.45, 7) is 3.53. The maximum atomic E-state index is 13.4. The SMILES string of the molecule is CC(=O)Nc1ccc(S(=O)(=O)[C@H]2CS(=O)(=O)C[C@@H]2N2CCN(c3ccc(F)cc3)CC2)cc1. The number of anilines is 2. The predicted molar refractivity (Wildman–Crippen MR) is 124 cm³/mol. The molecule has 2 saturated heterocycles. The number of carbonyl (C=O) groups is 1. The van der Waals surface area contributed by atoms with E-state index in [1.165, 1.54) is 43.3 Å². The van der Waals surface area contributed by atoms with Gasteiger partial charge in [-0.05, 0) is 48.5 Å². The van der Waals surface area contributed by atoms with Crippen molar-refractivity contribution in [2.45, 2.75) is 23.1 Å². The minimum atomic E-state index is -3.91. The molecular formula is C22H26FN3O5S2. The number of sulfone groups is 2. The molecule has 0 saturated carbocycles. The van der Waals surface area contributed by atoms with Crippen molar-refractivity contribution in [3.63, 3.8) is 0 Å². The van der Waals surface area contributed by atoms with Gasteiger partial charge in [0.1, 0.15) is 5.82 Å². The first-order chi connectivity index (χ1) is 15.5. The first kappa shape index (κ1) is 23.7. The van der Waals surface area contributed by atoms with Crippen molar-refractivity contribution in [2.75, 3.05) is 47.9 Å². The largest absolute Gasteiger partial charge is 0.369 e. The molecule has 0 aliphatic carbocycles. The topological polar surface area (TPSA) is 104 Å². The number of halogens is 1. The van der Waals surface area contributed by atoms with Gasteiger partial charge in [-0.2, -0.15) is 0 Å². The summed E-state index contributed by atoms with van der Waals surface area (Å²) in [7, 11) is -7.43. The lowest BCUT2D eigenvalue weighted by Crippen LogP contribution is -2.55. The molecule has 0 unspecified atom stereocenters. The Kier molecular flexibility index (Phi) is 6.47. The molecule has 0 radical (unpaired) electrons. The van der Waals surface area contributed by atoms with Crippen LogP contribution < -0.4 is 10.2 Å². The van der Waals surface area contributed by atoms with Gasteiger partial charge in [0, 0.05) is 50.5 Å². The Morgan fingerprint density at radius 2 is 1.58 bits per heavy atom. The standard InChI is InChI=1S/C22H26FN3O5S2/c1-16(27)24-18-4-8-20(9-5-18)33(30,31)22-15-32(28,29)14-21(22)26-12-10-25(11-13-26)19-6-2-17(23)3-7-19/h2-9,21-22H,10-15H2,1H3,(H,24,27)/t21-,22-/m0/s1. The van der Waals surface area contributed by atoms with Gasteiger partial charge in [0.2, 0.25) is 5.91 Å². The Hall–Kier alpha value is -2.50. The zero-order chi connectivity index (χ0) is 23.8. The maximum absolute atomic E-state index is 13.4. The highest BCUT2D eigenvalue weighted by Gasteiger charge is 2.48. The minimum Gasteiger partial charge on any atom is -0.369 e. The number of nitrogens with one attached hydrogen (secondary N) is 1. The van der Waals surface area contributed by atoms with E-state index in [1.807, 2.05) is 4.90 Å². The first-order valence-electron chi connectivity index (χ1n) is 10.6. The van der Waals surface area contributed by atoms with Crippen LogP contribution in [0.2, 0.25) is 0 Å². The molecule has 2 heterocycles. The van der Waals surface area contributed by atoms with Crippen LogP contribution >= 0.6 is 0 Å². The summed E-state index contributed by atoms with van der Waals surface area (Å²) in [5.74, 6) is -1.19. The van der Waals surface area contributed by atoms with Crippen molar-refractivity contribution in [2.24, 2.45) is 0 Å². The van der Waals surface area contributed by atoms with Gasteiger partial charge in [-0.25, -0.2) is 21.2 Å². The lowest BCUT2D eigenvalue weighted by Gasteiger charge is -2.40. The second-order valence-electron chi connectivity index (χ2n) is 8.43. The van der Waals surface area contributed by atoms with E-state index in [1.54, 1.807) is 12.1 Å². The van der Waals surface area contributed by atoms with Crippen LogP contribution in [0.15, 0.2) is 53.4 Å². The number of nitrogens with zero attached hydrogens (tertiary/aromatic N) is 2. The molecule has 2 atom stereocenters. The summed E-state index contributed by atoms with van der Waals surface area (Å²) >= 11 is 0. The monoisotopic (exact) mass is 495 g/mol. The van der Waals surface area contributed by atoms with Crippen LogP contribution in [0.5, 0.6) is 0 Å². The number of carbonyl (C=O) groups excluding carboxylic acids is 1. The van der Waals surface area contributed by atoms with Gasteiger partial charge >= 0.3 is 0 Å².